The van der Waals surface area contributed by atoms with E-state index < -0.39 is 23.8 Å². The van der Waals surface area contributed by atoms with Gasteiger partial charge in [0, 0.05) is 0 Å². The highest BCUT2D eigenvalue weighted by Gasteiger charge is 2.33. The van der Waals surface area contributed by atoms with Crippen LogP contribution in [0.4, 0.5) is 0 Å². The van der Waals surface area contributed by atoms with Crippen molar-refractivity contribution in [3.8, 4) is 0 Å². The van der Waals surface area contributed by atoms with Gasteiger partial charge in [0.15, 0.2) is 0 Å². The summed E-state index contributed by atoms with van der Waals surface area (Å²) in [4.78, 5) is 21.1. The number of hydrogen-bond acceptors (Lipinski definition) is 2. The van der Waals surface area contributed by atoms with Crippen molar-refractivity contribution < 1.29 is 19.8 Å². The van der Waals surface area contributed by atoms with E-state index in [0.717, 1.165) is 0 Å². The molecular weight excluding hydrogens is 160 g/mol. The molecule has 0 bridgehead atoms. The van der Waals surface area contributed by atoms with Gasteiger partial charge in [-0.15, -0.1) is 0 Å². The summed E-state index contributed by atoms with van der Waals surface area (Å²) < 4.78 is 0. The zero-order valence-electron chi connectivity index (χ0n) is 6.43. The van der Waals surface area contributed by atoms with Crippen molar-refractivity contribution >= 4 is 11.9 Å². The topological polar surface area (TPSA) is 74.6 Å². The molecule has 0 aromatic carbocycles. The summed E-state index contributed by atoms with van der Waals surface area (Å²) in [7, 11) is 0. The van der Waals surface area contributed by atoms with Gasteiger partial charge in [0.1, 0.15) is 0 Å². The number of carbonyl (C=O) groups is 2. The molecule has 1 rings (SSSR count). The van der Waals surface area contributed by atoms with Crippen molar-refractivity contribution in [3.05, 3.63) is 12.2 Å². The maximum Gasteiger partial charge on any atom is 0.307 e. The number of carboxylic acids is 2. The van der Waals surface area contributed by atoms with Crippen LogP contribution in [0.15, 0.2) is 12.2 Å². The molecule has 2 atom stereocenters. The van der Waals surface area contributed by atoms with Crippen molar-refractivity contribution in [3.63, 3.8) is 0 Å². The highest BCUT2D eigenvalue weighted by atomic mass is 16.4. The molecule has 2 N–H and O–H groups in total. The first-order valence-electron chi connectivity index (χ1n) is 3.73. The van der Waals surface area contributed by atoms with Gasteiger partial charge in [0.25, 0.3) is 0 Å². The number of carboxylic acid groups (broad SMARTS) is 2. The highest BCUT2D eigenvalue weighted by molar-refractivity contribution is 5.80. The van der Waals surface area contributed by atoms with Crippen LogP contribution >= 0.6 is 0 Å². The Morgan fingerprint density at radius 3 is 1.58 bits per heavy atom. The predicted molar refractivity (Wildman–Crippen MR) is 40.6 cm³/mol. The van der Waals surface area contributed by atoms with Gasteiger partial charge in [-0.05, 0) is 12.8 Å². The van der Waals surface area contributed by atoms with Gasteiger partial charge in [-0.25, -0.2) is 0 Å². The Morgan fingerprint density at radius 1 is 1.00 bits per heavy atom. The van der Waals surface area contributed by atoms with Crippen molar-refractivity contribution in [2.75, 3.05) is 0 Å². The summed E-state index contributed by atoms with van der Waals surface area (Å²) in [6, 6.07) is 0. The number of allylic oxidation sites excluding steroid dienone is 2. The van der Waals surface area contributed by atoms with Crippen molar-refractivity contribution in [1.29, 1.82) is 0 Å². The van der Waals surface area contributed by atoms with Crippen LogP contribution in [-0.4, -0.2) is 22.2 Å². The molecule has 66 valence electrons. The van der Waals surface area contributed by atoms with Crippen molar-refractivity contribution in [1.82, 2.24) is 0 Å². The monoisotopic (exact) mass is 170 g/mol. The zero-order valence-corrected chi connectivity index (χ0v) is 6.43. The Bertz CT molecular complexity index is 207. The molecule has 0 saturated heterocycles. The molecule has 0 amide bonds. The first-order valence-corrected chi connectivity index (χ1v) is 3.73. The van der Waals surface area contributed by atoms with Crippen molar-refractivity contribution in [2.24, 2.45) is 11.8 Å². The van der Waals surface area contributed by atoms with E-state index in [1.54, 1.807) is 12.2 Å². The highest BCUT2D eigenvalue weighted by Crippen LogP contribution is 2.25. The van der Waals surface area contributed by atoms with Gasteiger partial charge in [-0.3, -0.25) is 9.59 Å². The SMILES string of the molecule is O=C(O)[C@@H]1CC=CC[C@H]1C(=O)O. The molecule has 4 heteroatoms. The maximum atomic E-state index is 10.6. The molecule has 4 nitrogen and oxygen atoms in total. The van der Waals surface area contributed by atoms with Crippen LogP contribution in [0.25, 0.3) is 0 Å². The van der Waals surface area contributed by atoms with Crippen LogP contribution in [0.3, 0.4) is 0 Å². The van der Waals surface area contributed by atoms with Crippen LogP contribution in [0.5, 0.6) is 0 Å². The first kappa shape index (κ1) is 8.77. The Morgan fingerprint density at radius 2 is 1.33 bits per heavy atom. The van der Waals surface area contributed by atoms with Crippen LogP contribution in [0, 0.1) is 11.8 Å². The fraction of sp³-hybridized carbons (Fsp3) is 0.500. The lowest BCUT2D eigenvalue weighted by atomic mass is 9.83. The third-order valence-corrected chi connectivity index (χ3v) is 2.07. The quantitative estimate of drug-likeness (QED) is 0.599. The van der Waals surface area contributed by atoms with E-state index in [4.69, 9.17) is 10.2 Å². The van der Waals surface area contributed by atoms with Gasteiger partial charge < -0.3 is 10.2 Å². The summed E-state index contributed by atoms with van der Waals surface area (Å²) in [5.41, 5.74) is 0. The minimum absolute atomic E-state index is 0.326. The molecule has 0 spiro atoms. The number of rotatable bonds is 2. The zero-order chi connectivity index (χ0) is 9.14. The molecule has 0 aromatic rings. The molecule has 1 aliphatic carbocycles. The van der Waals surface area contributed by atoms with E-state index in [9.17, 15) is 9.59 Å². The Labute approximate surface area is 69.5 Å². The van der Waals surface area contributed by atoms with Gasteiger partial charge >= 0.3 is 11.9 Å². The van der Waals surface area contributed by atoms with E-state index in [1.807, 2.05) is 0 Å². The summed E-state index contributed by atoms with van der Waals surface area (Å²) >= 11 is 0. The van der Waals surface area contributed by atoms with E-state index in [1.165, 1.54) is 0 Å². The molecule has 0 unspecified atom stereocenters. The second-order valence-corrected chi connectivity index (χ2v) is 2.83. The average Bonchev–Trinajstić information content (AvgIpc) is 2.04. The molecule has 0 aromatic heterocycles. The van der Waals surface area contributed by atoms with Crippen LogP contribution in [0.2, 0.25) is 0 Å². The summed E-state index contributed by atoms with van der Waals surface area (Å²) in [6.07, 6.45) is 4.09. The molecule has 12 heavy (non-hydrogen) atoms. The molecule has 0 saturated carbocycles. The second kappa shape index (κ2) is 3.38. The van der Waals surface area contributed by atoms with Crippen LogP contribution < -0.4 is 0 Å². The molecular formula is C8H10O4. The molecule has 0 radical (unpaired) electrons. The Balaban J connectivity index is 2.76. The predicted octanol–water partition coefficient (Wildman–Crippen LogP) is 0.738. The van der Waals surface area contributed by atoms with Gasteiger partial charge in [-0.2, -0.15) is 0 Å². The number of hydrogen-bond donors (Lipinski definition) is 2. The lowest BCUT2D eigenvalue weighted by Gasteiger charge is -2.20. The van der Waals surface area contributed by atoms with Gasteiger partial charge in [-0.1, -0.05) is 12.2 Å². The van der Waals surface area contributed by atoms with E-state index >= 15 is 0 Å². The number of aliphatic carboxylic acids is 2. The standard InChI is InChI=1S/C8H10O4/c9-7(10)5-3-1-2-4-6(5)8(11)12/h1-2,5-6H,3-4H2,(H,9,10)(H,11,12)/t5-,6-/m1/s1. The van der Waals surface area contributed by atoms with E-state index in [-0.39, 0.29) is 0 Å². The summed E-state index contributed by atoms with van der Waals surface area (Å²) in [5, 5.41) is 17.3. The van der Waals surface area contributed by atoms with Crippen LogP contribution in [0.1, 0.15) is 12.8 Å². The largest absolute Gasteiger partial charge is 0.481 e. The fourth-order valence-electron chi connectivity index (χ4n) is 1.36. The van der Waals surface area contributed by atoms with E-state index in [0.29, 0.717) is 12.8 Å². The fourth-order valence-corrected chi connectivity index (χ4v) is 1.36. The van der Waals surface area contributed by atoms with Gasteiger partial charge in [0.2, 0.25) is 0 Å². The lowest BCUT2D eigenvalue weighted by Crippen LogP contribution is -2.30. The van der Waals surface area contributed by atoms with Crippen molar-refractivity contribution in [2.45, 2.75) is 12.8 Å². The first-order chi connectivity index (χ1) is 5.63. The average molecular weight is 170 g/mol. The maximum absolute atomic E-state index is 10.6. The van der Waals surface area contributed by atoms with Gasteiger partial charge in [0.05, 0.1) is 11.8 Å². The minimum atomic E-state index is -1.02. The lowest BCUT2D eigenvalue weighted by molar-refractivity contribution is -0.153. The van der Waals surface area contributed by atoms with Crippen LogP contribution in [-0.2, 0) is 9.59 Å². The third-order valence-electron chi connectivity index (χ3n) is 2.07. The summed E-state index contributed by atoms with van der Waals surface area (Å²) in [6.45, 7) is 0. The smallest absolute Gasteiger partial charge is 0.307 e. The normalized spacial score (nSPS) is 28.3. The minimum Gasteiger partial charge on any atom is -0.481 e. The Hall–Kier alpha value is -1.32. The molecule has 1 aliphatic rings. The molecule has 0 heterocycles. The molecule has 0 fully saturated rings. The molecule has 0 aliphatic heterocycles. The second-order valence-electron chi connectivity index (χ2n) is 2.83. The third kappa shape index (κ3) is 1.64. The van der Waals surface area contributed by atoms with E-state index in [2.05, 4.69) is 0 Å². The summed E-state index contributed by atoms with van der Waals surface area (Å²) in [5.74, 6) is -3.56. The Kier molecular flexibility index (Phi) is 2.47.